The summed E-state index contributed by atoms with van der Waals surface area (Å²) >= 11 is 2.25. The zero-order valence-electron chi connectivity index (χ0n) is 18.5. The maximum absolute atomic E-state index is 12.8. The van der Waals surface area contributed by atoms with E-state index in [0.717, 1.165) is 9.13 Å². The van der Waals surface area contributed by atoms with Crippen molar-refractivity contribution in [3.63, 3.8) is 0 Å². The van der Waals surface area contributed by atoms with Gasteiger partial charge in [-0.2, -0.15) is 0 Å². The topological polar surface area (TPSA) is 136 Å². The van der Waals surface area contributed by atoms with E-state index in [2.05, 4.69) is 38.2 Å². The number of hydrogen-bond donors (Lipinski definition) is 3. The lowest BCUT2D eigenvalue weighted by Crippen LogP contribution is -2.35. The molecule has 0 spiro atoms. The highest BCUT2D eigenvalue weighted by atomic mass is 127. The standard InChI is InChI=1S/C23H27IN4O6/c24-18-5-3-16(4-6-18)17-13-20(34-22(14-17)33-12-2-1-11-29)23(30)26-10-9-25-21-8-7-19(15-27-21)28(31)32/h3-8,13,15,17,22,29H,1-2,9-12,14H2,(H,25,27)(H,26,30)/t17-,22+/m1/s1. The van der Waals surface area contributed by atoms with Gasteiger partial charge in [-0.05, 0) is 65.3 Å². The predicted octanol–water partition coefficient (Wildman–Crippen LogP) is 3.33. The number of allylic oxidation sites excluding steroid dienone is 1. The van der Waals surface area contributed by atoms with Crippen LogP contribution in [0.2, 0.25) is 0 Å². The molecule has 0 radical (unpaired) electrons. The molecule has 0 fully saturated rings. The van der Waals surface area contributed by atoms with Gasteiger partial charge in [0.25, 0.3) is 11.6 Å². The number of anilines is 1. The van der Waals surface area contributed by atoms with Gasteiger partial charge in [-0.25, -0.2) is 4.98 Å². The number of carbonyl (C=O) groups is 1. The average Bonchev–Trinajstić information content (AvgIpc) is 2.85. The molecule has 182 valence electrons. The second kappa shape index (κ2) is 13.2. The van der Waals surface area contributed by atoms with Crippen molar-refractivity contribution in [2.24, 2.45) is 0 Å². The van der Waals surface area contributed by atoms with Crippen molar-refractivity contribution in [3.8, 4) is 0 Å². The van der Waals surface area contributed by atoms with Gasteiger partial charge in [-0.15, -0.1) is 0 Å². The van der Waals surface area contributed by atoms with Crippen molar-refractivity contribution in [1.29, 1.82) is 0 Å². The van der Waals surface area contributed by atoms with E-state index >= 15 is 0 Å². The van der Waals surface area contributed by atoms with Gasteiger partial charge in [-0.3, -0.25) is 14.9 Å². The minimum absolute atomic E-state index is 0.0308. The van der Waals surface area contributed by atoms with E-state index in [0.29, 0.717) is 44.8 Å². The van der Waals surface area contributed by atoms with Gasteiger partial charge >= 0.3 is 0 Å². The summed E-state index contributed by atoms with van der Waals surface area (Å²) in [5.74, 6) is 0.299. The minimum atomic E-state index is -0.559. The normalized spacial score (nSPS) is 17.4. The highest BCUT2D eigenvalue weighted by Crippen LogP contribution is 2.32. The Kier molecular flexibility index (Phi) is 10.0. The Balaban J connectivity index is 1.56. The van der Waals surface area contributed by atoms with Crippen LogP contribution in [0.3, 0.4) is 0 Å². The molecule has 34 heavy (non-hydrogen) atoms. The number of aliphatic hydroxyl groups excluding tert-OH is 1. The Bertz CT molecular complexity index is 984. The first-order valence-electron chi connectivity index (χ1n) is 10.9. The molecular formula is C23H27IN4O6. The molecule has 10 nitrogen and oxygen atoms in total. The number of nitro groups is 1. The van der Waals surface area contributed by atoms with Crippen LogP contribution in [-0.2, 0) is 14.3 Å². The summed E-state index contributed by atoms with van der Waals surface area (Å²) in [6.45, 7) is 1.22. The number of aliphatic hydroxyl groups is 1. The summed E-state index contributed by atoms with van der Waals surface area (Å²) in [6, 6.07) is 11.0. The first-order chi connectivity index (χ1) is 16.5. The quantitative estimate of drug-likeness (QED) is 0.150. The van der Waals surface area contributed by atoms with Crippen LogP contribution in [0.15, 0.2) is 54.4 Å². The second-order valence-electron chi connectivity index (χ2n) is 7.62. The van der Waals surface area contributed by atoms with Crippen LogP contribution in [0, 0.1) is 13.7 Å². The lowest BCUT2D eigenvalue weighted by atomic mass is 9.93. The fourth-order valence-corrected chi connectivity index (χ4v) is 3.70. The summed E-state index contributed by atoms with van der Waals surface area (Å²) in [6.07, 6.45) is 4.37. The Morgan fingerprint density at radius 2 is 2.03 bits per heavy atom. The molecule has 1 aliphatic heterocycles. The molecule has 3 rings (SSSR count). The average molecular weight is 582 g/mol. The third-order valence-electron chi connectivity index (χ3n) is 5.11. The number of benzene rings is 1. The summed E-state index contributed by atoms with van der Waals surface area (Å²) < 4.78 is 12.8. The number of nitrogens with one attached hydrogen (secondary N) is 2. The van der Waals surface area contributed by atoms with Crippen molar-refractivity contribution < 1.29 is 24.3 Å². The fraction of sp³-hybridized carbons (Fsp3) is 0.391. The van der Waals surface area contributed by atoms with Crippen LogP contribution in [0.5, 0.6) is 0 Å². The van der Waals surface area contributed by atoms with E-state index in [-0.39, 0.29) is 29.9 Å². The zero-order chi connectivity index (χ0) is 24.3. The lowest BCUT2D eigenvalue weighted by molar-refractivity contribution is -0.385. The third-order valence-corrected chi connectivity index (χ3v) is 5.83. The van der Waals surface area contributed by atoms with Crippen molar-refractivity contribution >= 4 is 40.0 Å². The highest BCUT2D eigenvalue weighted by molar-refractivity contribution is 14.1. The maximum atomic E-state index is 12.8. The van der Waals surface area contributed by atoms with Gasteiger partial charge in [0.15, 0.2) is 5.76 Å². The Morgan fingerprint density at radius 1 is 1.24 bits per heavy atom. The van der Waals surface area contributed by atoms with Gasteiger partial charge < -0.3 is 25.2 Å². The van der Waals surface area contributed by atoms with Crippen LogP contribution in [0.1, 0.15) is 30.7 Å². The second-order valence-corrected chi connectivity index (χ2v) is 8.86. The van der Waals surface area contributed by atoms with E-state index in [1.165, 1.54) is 18.3 Å². The van der Waals surface area contributed by atoms with E-state index in [1.54, 1.807) is 0 Å². The molecule has 0 aliphatic carbocycles. The van der Waals surface area contributed by atoms with Gasteiger partial charge in [0, 0.05) is 41.7 Å². The minimum Gasteiger partial charge on any atom is -0.459 e. The van der Waals surface area contributed by atoms with E-state index in [9.17, 15) is 14.9 Å². The molecule has 0 unspecified atom stereocenters. The molecule has 0 saturated heterocycles. The number of aromatic nitrogens is 1. The molecule has 1 aliphatic rings. The van der Waals surface area contributed by atoms with Crippen molar-refractivity contribution in [1.82, 2.24) is 10.3 Å². The number of hydrogen-bond acceptors (Lipinski definition) is 8. The van der Waals surface area contributed by atoms with Gasteiger partial charge in [0.1, 0.15) is 12.0 Å². The van der Waals surface area contributed by atoms with Crippen LogP contribution < -0.4 is 10.6 Å². The number of nitrogens with zero attached hydrogens (tertiary/aromatic N) is 2. The van der Waals surface area contributed by atoms with Gasteiger partial charge in [-0.1, -0.05) is 12.1 Å². The molecule has 2 atom stereocenters. The molecule has 1 aromatic heterocycles. The molecule has 1 amide bonds. The zero-order valence-corrected chi connectivity index (χ0v) is 20.6. The fourth-order valence-electron chi connectivity index (χ4n) is 3.34. The highest BCUT2D eigenvalue weighted by Gasteiger charge is 2.28. The molecule has 3 N–H and O–H groups in total. The first kappa shape index (κ1) is 25.8. The third kappa shape index (κ3) is 7.92. The van der Waals surface area contributed by atoms with E-state index < -0.39 is 11.2 Å². The molecule has 0 bridgehead atoms. The van der Waals surface area contributed by atoms with Gasteiger partial charge in [0.2, 0.25) is 6.29 Å². The number of rotatable bonds is 12. The number of halogens is 1. The molecule has 1 aromatic carbocycles. The van der Waals surface area contributed by atoms with Crippen LogP contribution in [-0.4, -0.2) is 53.5 Å². The SMILES string of the molecule is O=C(NCCNc1ccc([N+](=O)[O-])cn1)C1=C[C@@H](c2ccc(I)cc2)C[C@@H](OCCCCO)O1. The van der Waals surface area contributed by atoms with Gasteiger partial charge in [0.05, 0.1) is 11.5 Å². The number of pyridine rings is 1. The smallest absolute Gasteiger partial charge is 0.287 e. The summed E-state index contributed by atoms with van der Waals surface area (Å²) in [5, 5.41) is 25.5. The van der Waals surface area contributed by atoms with Crippen molar-refractivity contribution in [3.05, 3.63) is 73.7 Å². The first-order valence-corrected chi connectivity index (χ1v) is 12.0. The largest absolute Gasteiger partial charge is 0.459 e. The maximum Gasteiger partial charge on any atom is 0.287 e. The number of carbonyl (C=O) groups excluding carboxylic acids is 1. The summed E-state index contributed by atoms with van der Waals surface area (Å²) in [4.78, 5) is 26.9. The number of ether oxygens (including phenoxy) is 2. The van der Waals surface area contributed by atoms with Crippen LogP contribution >= 0.6 is 22.6 Å². The van der Waals surface area contributed by atoms with Crippen molar-refractivity contribution in [2.75, 3.05) is 31.6 Å². The van der Waals surface area contributed by atoms with Crippen molar-refractivity contribution in [2.45, 2.75) is 31.5 Å². The van der Waals surface area contributed by atoms with E-state index in [1.807, 2.05) is 30.3 Å². The molecular weight excluding hydrogens is 555 g/mol. The molecule has 2 heterocycles. The summed E-state index contributed by atoms with van der Waals surface area (Å²) in [7, 11) is 0. The Hall–Kier alpha value is -2.77. The predicted molar refractivity (Wildman–Crippen MR) is 134 cm³/mol. The lowest BCUT2D eigenvalue weighted by Gasteiger charge is -2.29. The van der Waals surface area contributed by atoms with Crippen LogP contribution in [0.4, 0.5) is 11.5 Å². The summed E-state index contributed by atoms with van der Waals surface area (Å²) in [5.41, 5.74) is 0.986. The number of unbranched alkanes of at least 4 members (excludes halogenated alkanes) is 1. The number of amides is 1. The molecule has 11 heteroatoms. The Morgan fingerprint density at radius 3 is 2.71 bits per heavy atom. The molecule has 2 aromatic rings. The molecule has 0 saturated carbocycles. The Labute approximate surface area is 211 Å². The monoisotopic (exact) mass is 582 g/mol. The van der Waals surface area contributed by atoms with E-state index in [4.69, 9.17) is 14.6 Å². The van der Waals surface area contributed by atoms with Crippen LogP contribution in [0.25, 0.3) is 0 Å².